The Hall–Kier alpha value is -2.66. The molecule has 5 nitrogen and oxygen atoms in total. The van der Waals surface area contributed by atoms with E-state index < -0.39 is 11.9 Å². The Kier molecular flexibility index (Phi) is 6.51. The van der Waals surface area contributed by atoms with Crippen LogP contribution < -0.4 is 5.32 Å². The summed E-state index contributed by atoms with van der Waals surface area (Å²) < 4.78 is 5.09. The van der Waals surface area contributed by atoms with Gasteiger partial charge >= 0.3 is 5.97 Å². The lowest BCUT2D eigenvalue weighted by molar-refractivity contribution is -0.141. The maximum Gasteiger partial charge on any atom is 0.308 e. The van der Waals surface area contributed by atoms with Gasteiger partial charge in [-0.15, -0.1) is 0 Å². The molecule has 0 radical (unpaired) electrons. The third-order valence-electron chi connectivity index (χ3n) is 3.75. The van der Waals surface area contributed by atoms with Crippen molar-refractivity contribution in [1.29, 1.82) is 0 Å². The van der Waals surface area contributed by atoms with E-state index in [-0.39, 0.29) is 12.5 Å². The fourth-order valence-electron chi connectivity index (χ4n) is 2.48. The van der Waals surface area contributed by atoms with Crippen LogP contribution in [-0.2, 0) is 22.6 Å². The third kappa shape index (κ3) is 4.93. The van der Waals surface area contributed by atoms with E-state index in [9.17, 15) is 14.7 Å². The van der Waals surface area contributed by atoms with Gasteiger partial charge in [-0.25, -0.2) is 0 Å². The first-order valence-corrected chi connectivity index (χ1v) is 7.73. The molecule has 0 fully saturated rings. The molecular weight excluding hydrogens is 306 g/mol. The molecule has 0 spiro atoms. The van der Waals surface area contributed by atoms with Crippen LogP contribution in [0.1, 0.15) is 21.5 Å². The van der Waals surface area contributed by atoms with Crippen LogP contribution in [0.3, 0.4) is 0 Å². The minimum absolute atomic E-state index is 0.0738. The molecule has 0 heterocycles. The molecule has 0 bridgehead atoms. The molecule has 126 valence electrons. The van der Waals surface area contributed by atoms with Crippen molar-refractivity contribution in [2.75, 3.05) is 13.7 Å². The van der Waals surface area contributed by atoms with E-state index in [1.807, 2.05) is 42.5 Å². The lowest BCUT2D eigenvalue weighted by Gasteiger charge is -2.15. The summed E-state index contributed by atoms with van der Waals surface area (Å²) in [4.78, 5) is 23.8. The Morgan fingerprint density at radius 1 is 1.08 bits per heavy atom. The molecule has 0 aromatic heterocycles. The monoisotopic (exact) mass is 327 g/mol. The summed E-state index contributed by atoms with van der Waals surface area (Å²) >= 11 is 0. The highest BCUT2D eigenvalue weighted by Gasteiger charge is 2.20. The molecule has 2 rings (SSSR count). The number of amides is 1. The summed E-state index contributed by atoms with van der Waals surface area (Å²) in [7, 11) is 1.56. The van der Waals surface area contributed by atoms with Gasteiger partial charge in [-0.2, -0.15) is 0 Å². The van der Waals surface area contributed by atoms with Crippen LogP contribution in [0.5, 0.6) is 0 Å². The van der Waals surface area contributed by atoms with E-state index in [1.165, 1.54) is 0 Å². The van der Waals surface area contributed by atoms with Gasteiger partial charge in [-0.1, -0.05) is 48.5 Å². The van der Waals surface area contributed by atoms with E-state index in [1.54, 1.807) is 19.2 Å². The highest BCUT2D eigenvalue weighted by molar-refractivity contribution is 5.95. The molecular formula is C19H21NO4. The lowest BCUT2D eigenvalue weighted by atomic mass is 9.99. The first-order chi connectivity index (χ1) is 11.6. The van der Waals surface area contributed by atoms with Gasteiger partial charge < -0.3 is 15.2 Å². The summed E-state index contributed by atoms with van der Waals surface area (Å²) in [5, 5.41) is 12.1. The van der Waals surface area contributed by atoms with Gasteiger partial charge in [0.1, 0.15) is 0 Å². The quantitative estimate of drug-likeness (QED) is 0.781. The lowest BCUT2D eigenvalue weighted by Crippen LogP contribution is -2.34. The van der Waals surface area contributed by atoms with Crippen LogP contribution in [0.4, 0.5) is 0 Å². The number of hydrogen-bond donors (Lipinski definition) is 2. The largest absolute Gasteiger partial charge is 0.481 e. The van der Waals surface area contributed by atoms with Crippen LogP contribution in [-0.4, -0.2) is 30.6 Å². The van der Waals surface area contributed by atoms with Crippen LogP contribution in [0.25, 0.3) is 0 Å². The Labute approximate surface area is 141 Å². The number of rotatable bonds is 8. The van der Waals surface area contributed by atoms with Gasteiger partial charge in [-0.3, -0.25) is 9.59 Å². The normalized spacial score (nSPS) is 11.7. The SMILES string of the molecule is COCc1ccccc1C(=O)NCC(Cc1ccccc1)C(=O)O. The van der Waals surface area contributed by atoms with Crippen molar-refractivity contribution >= 4 is 11.9 Å². The fourth-order valence-corrected chi connectivity index (χ4v) is 2.48. The highest BCUT2D eigenvalue weighted by atomic mass is 16.5. The van der Waals surface area contributed by atoms with Crippen molar-refractivity contribution in [1.82, 2.24) is 5.32 Å². The minimum Gasteiger partial charge on any atom is -0.481 e. The first-order valence-electron chi connectivity index (χ1n) is 7.73. The number of nitrogens with one attached hydrogen (secondary N) is 1. The summed E-state index contributed by atoms with van der Waals surface area (Å²) in [6.45, 7) is 0.403. The zero-order valence-corrected chi connectivity index (χ0v) is 13.6. The van der Waals surface area contributed by atoms with Crippen LogP contribution >= 0.6 is 0 Å². The fraction of sp³-hybridized carbons (Fsp3) is 0.263. The van der Waals surface area contributed by atoms with Gasteiger partial charge in [0.25, 0.3) is 5.91 Å². The first kappa shape index (κ1) is 17.7. The zero-order chi connectivity index (χ0) is 17.4. The van der Waals surface area contributed by atoms with Gasteiger partial charge in [0.2, 0.25) is 0 Å². The summed E-state index contributed by atoms with van der Waals surface area (Å²) in [6, 6.07) is 16.5. The van der Waals surface area contributed by atoms with E-state index in [0.717, 1.165) is 11.1 Å². The average molecular weight is 327 g/mol. The van der Waals surface area contributed by atoms with Gasteiger partial charge in [-0.05, 0) is 23.6 Å². The number of carboxylic acids is 1. The molecule has 1 amide bonds. The number of methoxy groups -OCH3 is 1. The maximum absolute atomic E-state index is 12.4. The third-order valence-corrected chi connectivity index (χ3v) is 3.75. The van der Waals surface area contributed by atoms with Crippen molar-refractivity contribution in [3.8, 4) is 0 Å². The summed E-state index contributed by atoms with van der Waals surface area (Å²) in [5.41, 5.74) is 2.20. The van der Waals surface area contributed by atoms with E-state index in [2.05, 4.69) is 5.32 Å². The van der Waals surface area contributed by atoms with Crippen molar-refractivity contribution < 1.29 is 19.4 Å². The molecule has 2 N–H and O–H groups in total. The van der Waals surface area contributed by atoms with Gasteiger partial charge in [0, 0.05) is 19.2 Å². The van der Waals surface area contributed by atoms with Gasteiger partial charge in [0.15, 0.2) is 0 Å². The van der Waals surface area contributed by atoms with Crippen molar-refractivity contribution in [2.45, 2.75) is 13.0 Å². The van der Waals surface area contributed by atoms with E-state index in [4.69, 9.17) is 4.74 Å². The second-order valence-electron chi connectivity index (χ2n) is 5.53. The Morgan fingerprint density at radius 2 is 1.75 bits per heavy atom. The molecule has 1 atom stereocenters. The molecule has 5 heteroatoms. The number of hydrogen-bond acceptors (Lipinski definition) is 3. The standard InChI is InChI=1S/C19H21NO4/c1-24-13-15-9-5-6-10-17(15)18(21)20-12-16(19(22)23)11-14-7-3-2-4-8-14/h2-10,16H,11-13H2,1H3,(H,20,21)(H,22,23). The molecule has 0 aliphatic rings. The second-order valence-corrected chi connectivity index (χ2v) is 5.53. The predicted molar refractivity (Wildman–Crippen MR) is 90.8 cm³/mol. The minimum atomic E-state index is -0.927. The average Bonchev–Trinajstić information content (AvgIpc) is 2.59. The maximum atomic E-state index is 12.4. The predicted octanol–water partition coefficient (Wildman–Crippen LogP) is 2.51. The molecule has 2 aromatic carbocycles. The van der Waals surface area contributed by atoms with E-state index in [0.29, 0.717) is 18.6 Å². The number of carbonyl (C=O) groups excluding carboxylic acids is 1. The Morgan fingerprint density at radius 3 is 2.42 bits per heavy atom. The van der Waals surface area contributed by atoms with Crippen LogP contribution in [0.15, 0.2) is 54.6 Å². The number of aliphatic carboxylic acids is 1. The van der Waals surface area contributed by atoms with Crippen LogP contribution in [0.2, 0.25) is 0 Å². The molecule has 0 aliphatic heterocycles. The highest BCUT2D eigenvalue weighted by Crippen LogP contribution is 2.12. The number of ether oxygens (including phenoxy) is 1. The molecule has 0 aliphatic carbocycles. The molecule has 0 saturated carbocycles. The van der Waals surface area contributed by atoms with E-state index >= 15 is 0 Å². The number of carboxylic acid groups (broad SMARTS) is 1. The molecule has 1 unspecified atom stereocenters. The van der Waals surface area contributed by atoms with Crippen molar-refractivity contribution in [3.05, 3.63) is 71.3 Å². The van der Waals surface area contributed by atoms with Gasteiger partial charge in [0.05, 0.1) is 12.5 Å². The smallest absolute Gasteiger partial charge is 0.308 e. The topological polar surface area (TPSA) is 75.6 Å². The Balaban J connectivity index is 2.01. The Bertz CT molecular complexity index is 685. The number of benzene rings is 2. The van der Waals surface area contributed by atoms with Crippen molar-refractivity contribution in [3.63, 3.8) is 0 Å². The molecule has 0 saturated heterocycles. The molecule has 24 heavy (non-hydrogen) atoms. The van der Waals surface area contributed by atoms with Crippen molar-refractivity contribution in [2.24, 2.45) is 5.92 Å². The zero-order valence-electron chi connectivity index (χ0n) is 13.6. The summed E-state index contributed by atoms with van der Waals surface area (Å²) in [6.07, 6.45) is 0.371. The van der Waals surface area contributed by atoms with Crippen LogP contribution in [0, 0.1) is 5.92 Å². The number of carbonyl (C=O) groups is 2. The molecule has 2 aromatic rings. The summed E-state index contributed by atoms with van der Waals surface area (Å²) in [5.74, 6) is -1.89. The second kappa shape index (κ2) is 8.84.